The van der Waals surface area contributed by atoms with E-state index in [1.807, 2.05) is 12.1 Å². The Morgan fingerprint density at radius 2 is 2.07 bits per heavy atom. The lowest BCUT2D eigenvalue weighted by atomic mass is 10.1. The highest BCUT2D eigenvalue weighted by molar-refractivity contribution is 14.0. The van der Waals surface area contributed by atoms with Gasteiger partial charge in [0.2, 0.25) is 0 Å². The molecule has 1 saturated carbocycles. The van der Waals surface area contributed by atoms with Crippen LogP contribution in [0.15, 0.2) is 23.2 Å². The number of benzene rings is 1. The number of hydrogen-bond donors (Lipinski definition) is 3. The molecule has 1 aromatic rings. The fourth-order valence-corrected chi connectivity index (χ4v) is 4.19. The van der Waals surface area contributed by atoms with E-state index in [1.54, 1.807) is 13.2 Å². The minimum absolute atomic E-state index is 0. The Morgan fingerprint density at radius 1 is 1.29 bits per heavy atom. The van der Waals surface area contributed by atoms with E-state index >= 15 is 0 Å². The molecule has 2 fully saturated rings. The first-order valence-electron chi connectivity index (χ1n) is 10.3. The quantitative estimate of drug-likeness (QED) is 0.304. The molecule has 3 N–H and O–H groups in total. The number of hydrogen-bond acceptors (Lipinski definition) is 4. The van der Waals surface area contributed by atoms with Crippen molar-refractivity contribution in [3.05, 3.63) is 23.8 Å². The van der Waals surface area contributed by atoms with Gasteiger partial charge in [-0.15, -0.1) is 24.0 Å². The molecular weight excluding hydrogens is 467 g/mol. The summed E-state index contributed by atoms with van der Waals surface area (Å²) in [5.41, 5.74) is 1.11. The molecule has 0 bridgehead atoms. The average molecular weight is 502 g/mol. The topological polar surface area (TPSA) is 69.1 Å². The van der Waals surface area contributed by atoms with Crippen molar-refractivity contribution in [2.75, 3.05) is 33.3 Å². The molecule has 1 saturated heterocycles. The number of aliphatic imine (C=N–C) groups is 1. The predicted octanol–water partition coefficient (Wildman–Crippen LogP) is 3.13. The Hall–Kier alpha value is -1.22. The molecular formula is C21H35IN4O2. The van der Waals surface area contributed by atoms with E-state index in [0.717, 1.165) is 37.1 Å². The maximum absolute atomic E-state index is 9.70. The van der Waals surface area contributed by atoms with E-state index < -0.39 is 0 Å². The normalized spacial score (nSPS) is 20.8. The molecule has 2 aliphatic rings. The number of halogens is 1. The SMILES string of the molecule is CCNC(=NCCc1ccc(O)c(OC)c1)NC1CCN(C2CCCC2)C1.I. The zero-order valence-corrected chi connectivity index (χ0v) is 19.4. The molecule has 1 aliphatic heterocycles. The number of methoxy groups -OCH3 is 1. The van der Waals surface area contributed by atoms with E-state index in [4.69, 9.17) is 9.73 Å². The summed E-state index contributed by atoms with van der Waals surface area (Å²) in [6, 6.07) is 6.77. The number of ether oxygens (including phenoxy) is 1. The van der Waals surface area contributed by atoms with Gasteiger partial charge in [-0.1, -0.05) is 18.9 Å². The molecule has 1 heterocycles. The molecule has 0 amide bonds. The third-order valence-electron chi connectivity index (χ3n) is 5.66. The number of likely N-dealkylation sites (tertiary alicyclic amines) is 1. The first-order chi connectivity index (χ1) is 13.2. The Kier molecular flexibility index (Phi) is 9.64. The largest absolute Gasteiger partial charge is 0.504 e. The third kappa shape index (κ3) is 6.40. The summed E-state index contributed by atoms with van der Waals surface area (Å²) >= 11 is 0. The van der Waals surface area contributed by atoms with Crippen molar-refractivity contribution >= 4 is 29.9 Å². The van der Waals surface area contributed by atoms with Crippen LogP contribution >= 0.6 is 24.0 Å². The van der Waals surface area contributed by atoms with Gasteiger partial charge in [-0.25, -0.2) is 0 Å². The van der Waals surface area contributed by atoms with Gasteiger partial charge in [0.05, 0.1) is 7.11 Å². The third-order valence-corrected chi connectivity index (χ3v) is 5.66. The van der Waals surface area contributed by atoms with Crippen LogP contribution in [0.4, 0.5) is 0 Å². The number of phenolic OH excluding ortho intramolecular Hbond substituents is 1. The molecule has 0 spiro atoms. The van der Waals surface area contributed by atoms with Gasteiger partial charge in [0.15, 0.2) is 17.5 Å². The van der Waals surface area contributed by atoms with Gasteiger partial charge in [0.25, 0.3) is 0 Å². The van der Waals surface area contributed by atoms with Gasteiger partial charge in [0, 0.05) is 38.3 Å². The maximum atomic E-state index is 9.70. The van der Waals surface area contributed by atoms with Crippen LogP contribution in [0.2, 0.25) is 0 Å². The van der Waals surface area contributed by atoms with Crippen LogP contribution < -0.4 is 15.4 Å². The summed E-state index contributed by atoms with van der Waals surface area (Å²) in [6.45, 7) is 5.99. The number of phenols is 1. The minimum atomic E-state index is 0. The van der Waals surface area contributed by atoms with Gasteiger partial charge in [-0.3, -0.25) is 9.89 Å². The zero-order valence-electron chi connectivity index (χ0n) is 17.1. The standard InChI is InChI=1S/C21H34N4O2.HI/c1-3-22-21(23-12-10-16-8-9-19(26)20(14-16)27-2)24-17-11-13-25(15-17)18-6-4-5-7-18;/h8-9,14,17-18,26H,3-7,10-13,15H2,1-2H3,(H2,22,23,24);1H. The van der Waals surface area contributed by atoms with Crippen LogP contribution in [0.25, 0.3) is 0 Å². The summed E-state index contributed by atoms with van der Waals surface area (Å²) in [6.07, 6.45) is 7.53. The number of aromatic hydroxyl groups is 1. The van der Waals surface area contributed by atoms with E-state index in [0.29, 0.717) is 18.3 Å². The molecule has 3 rings (SSSR count). The Balaban J connectivity index is 0.00000280. The van der Waals surface area contributed by atoms with Crippen molar-refractivity contribution in [2.45, 2.75) is 57.5 Å². The van der Waals surface area contributed by atoms with Gasteiger partial charge < -0.3 is 20.5 Å². The van der Waals surface area contributed by atoms with Crippen LogP contribution in [0.5, 0.6) is 11.5 Å². The highest BCUT2D eigenvalue weighted by Gasteiger charge is 2.30. The van der Waals surface area contributed by atoms with Crippen molar-refractivity contribution in [1.29, 1.82) is 0 Å². The van der Waals surface area contributed by atoms with Crippen molar-refractivity contribution in [3.8, 4) is 11.5 Å². The molecule has 7 heteroatoms. The van der Waals surface area contributed by atoms with Gasteiger partial charge in [-0.2, -0.15) is 0 Å². The first kappa shape index (κ1) is 23.1. The van der Waals surface area contributed by atoms with E-state index in [2.05, 4.69) is 22.5 Å². The van der Waals surface area contributed by atoms with Crippen LogP contribution in [0.3, 0.4) is 0 Å². The lowest BCUT2D eigenvalue weighted by Gasteiger charge is -2.24. The number of rotatable bonds is 7. The van der Waals surface area contributed by atoms with E-state index in [-0.39, 0.29) is 29.7 Å². The molecule has 0 radical (unpaired) electrons. The fourth-order valence-electron chi connectivity index (χ4n) is 4.19. The van der Waals surface area contributed by atoms with Crippen molar-refractivity contribution in [2.24, 2.45) is 4.99 Å². The molecule has 158 valence electrons. The summed E-state index contributed by atoms with van der Waals surface area (Å²) in [5.74, 6) is 1.59. The summed E-state index contributed by atoms with van der Waals surface area (Å²) in [4.78, 5) is 7.41. The van der Waals surface area contributed by atoms with Crippen LogP contribution in [0, 0.1) is 0 Å². The Labute approximate surface area is 186 Å². The molecule has 0 aromatic heterocycles. The van der Waals surface area contributed by atoms with Gasteiger partial charge >= 0.3 is 0 Å². The maximum Gasteiger partial charge on any atom is 0.191 e. The summed E-state index contributed by atoms with van der Waals surface area (Å²) in [5, 5.41) is 16.7. The van der Waals surface area contributed by atoms with Gasteiger partial charge in [0.1, 0.15) is 0 Å². The van der Waals surface area contributed by atoms with Gasteiger partial charge in [-0.05, 0) is 50.3 Å². The second-order valence-corrected chi connectivity index (χ2v) is 7.58. The van der Waals surface area contributed by atoms with Crippen molar-refractivity contribution in [3.63, 3.8) is 0 Å². The summed E-state index contributed by atoms with van der Waals surface area (Å²) < 4.78 is 5.18. The number of nitrogens with one attached hydrogen (secondary N) is 2. The lowest BCUT2D eigenvalue weighted by molar-refractivity contribution is 0.242. The van der Waals surface area contributed by atoms with E-state index in [9.17, 15) is 5.11 Å². The van der Waals surface area contributed by atoms with Crippen molar-refractivity contribution < 1.29 is 9.84 Å². The first-order valence-corrected chi connectivity index (χ1v) is 10.3. The van der Waals surface area contributed by atoms with Crippen molar-refractivity contribution in [1.82, 2.24) is 15.5 Å². The van der Waals surface area contributed by atoms with Crippen LogP contribution in [0.1, 0.15) is 44.6 Å². The molecule has 6 nitrogen and oxygen atoms in total. The predicted molar refractivity (Wildman–Crippen MR) is 125 cm³/mol. The fraction of sp³-hybridized carbons (Fsp3) is 0.667. The molecule has 1 atom stereocenters. The second-order valence-electron chi connectivity index (χ2n) is 7.58. The number of nitrogens with zero attached hydrogens (tertiary/aromatic N) is 2. The minimum Gasteiger partial charge on any atom is -0.504 e. The Morgan fingerprint density at radius 3 is 2.79 bits per heavy atom. The molecule has 1 aromatic carbocycles. The monoisotopic (exact) mass is 502 g/mol. The number of guanidine groups is 1. The molecule has 1 unspecified atom stereocenters. The Bertz CT molecular complexity index is 635. The second kappa shape index (κ2) is 11.7. The van der Waals surface area contributed by atoms with Crippen LogP contribution in [-0.2, 0) is 6.42 Å². The molecule has 28 heavy (non-hydrogen) atoms. The van der Waals surface area contributed by atoms with Crippen LogP contribution in [-0.4, -0.2) is 61.3 Å². The smallest absolute Gasteiger partial charge is 0.191 e. The molecule has 1 aliphatic carbocycles. The highest BCUT2D eigenvalue weighted by atomic mass is 127. The zero-order chi connectivity index (χ0) is 19.1. The highest BCUT2D eigenvalue weighted by Crippen LogP contribution is 2.27. The summed E-state index contributed by atoms with van der Waals surface area (Å²) in [7, 11) is 1.57. The lowest BCUT2D eigenvalue weighted by Crippen LogP contribution is -2.45. The average Bonchev–Trinajstić information content (AvgIpc) is 3.35. The van der Waals surface area contributed by atoms with E-state index in [1.165, 1.54) is 38.6 Å².